The molecular formula is C16H21BrN2O. The summed E-state index contributed by atoms with van der Waals surface area (Å²) in [7, 11) is 0. The van der Waals surface area contributed by atoms with Gasteiger partial charge in [0.2, 0.25) is 5.91 Å². The third-order valence-corrected chi connectivity index (χ3v) is 4.98. The molecule has 4 heteroatoms. The average molecular weight is 337 g/mol. The highest BCUT2D eigenvalue weighted by atomic mass is 79.9. The van der Waals surface area contributed by atoms with Gasteiger partial charge in [-0.05, 0) is 55.7 Å². The zero-order valence-corrected chi connectivity index (χ0v) is 13.2. The summed E-state index contributed by atoms with van der Waals surface area (Å²) in [6, 6.07) is 9.13. The van der Waals surface area contributed by atoms with Crippen molar-refractivity contribution in [1.29, 1.82) is 0 Å². The second-order valence-corrected chi connectivity index (χ2v) is 6.84. The Labute approximate surface area is 128 Å². The summed E-state index contributed by atoms with van der Waals surface area (Å²) >= 11 is 3.47. The molecule has 1 saturated carbocycles. The van der Waals surface area contributed by atoms with Gasteiger partial charge in [0.1, 0.15) is 0 Å². The number of amides is 1. The Balaban J connectivity index is 1.50. The smallest absolute Gasteiger partial charge is 0.237 e. The quantitative estimate of drug-likeness (QED) is 0.890. The molecular weight excluding hydrogens is 316 g/mol. The lowest BCUT2D eigenvalue weighted by Gasteiger charge is -2.38. The van der Waals surface area contributed by atoms with Gasteiger partial charge in [-0.1, -0.05) is 28.1 Å². The number of carbonyl (C=O) groups is 1. The molecule has 0 aromatic heterocycles. The fourth-order valence-electron chi connectivity index (χ4n) is 3.14. The minimum atomic E-state index is 0.0216. The molecule has 2 aliphatic rings. The zero-order chi connectivity index (χ0) is 13.9. The van der Waals surface area contributed by atoms with Gasteiger partial charge >= 0.3 is 0 Å². The van der Waals surface area contributed by atoms with E-state index in [9.17, 15) is 4.79 Å². The second kappa shape index (κ2) is 6.27. The van der Waals surface area contributed by atoms with Crippen LogP contribution in [0.4, 0.5) is 0 Å². The van der Waals surface area contributed by atoms with Crippen LogP contribution in [0.1, 0.15) is 43.6 Å². The molecule has 108 valence electrons. The fraction of sp³-hybridized carbons (Fsp3) is 0.562. The first-order chi connectivity index (χ1) is 9.72. The predicted octanol–water partition coefficient (Wildman–Crippen LogP) is 2.95. The van der Waals surface area contributed by atoms with Gasteiger partial charge in [-0.3, -0.25) is 4.79 Å². The number of carbonyl (C=O) groups excluding carboxylic acids is 1. The summed E-state index contributed by atoms with van der Waals surface area (Å²) < 4.78 is 1.13. The Bertz CT molecular complexity index is 468. The Morgan fingerprint density at radius 3 is 2.65 bits per heavy atom. The van der Waals surface area contributed by atoms with Gasteiger partial charge < -0.3 is 10.6 Å². The summed E-state index contributed by atoms with van der Waals surface area (Å²) in [6.45, 7) is 0.837. The van der Waals surface area contributed by atoms with Crippen molar-refractivity contribution in [3.63, 3.8) is 0 Å². The SMILES string of the molecule is O=C1NCCCCC1NC1CC(c2ccc(Br)cc2)C1. The number of halogens is 1. The molecule has 1 atom stereocenters. The van der Waals surface area contributed by atoms with E-state index in [1.54, 1.807) is 0 Å². The maximum absolute atomic E-state index is 11.9. The standard InChI is InChI=1S/C16H21BrN2O/c17-13-6-4-11(5-7-13)12-9-14(10-12)19-15-3-1-2-8-18-16(15)20/h4-7,12,14-15,19H,1-3,8-10H2,(H,18,20). The van der Waals surface area contributed by atoms with Crippen molar-refractivity contribution in [2.24, 2.45) is 0 Å². The largest absolute Gasteiger partial charge is 0.355 e. The van der Waals surface area contributed by atoms with Crippen molar-refractivity contribution in [1.82, 2.24) is 10.6 Å². The Kier molecular flexibility index (Phi) is 4.41. The van der Waals surface area contributed by atoms with E-state index < -0.39 is 0 Å². The van der Waals surface area contributed by atoms with Gasteiger partial charge in [-0.25, -0.2) is 0 Å². The molecule has 3 nitrogen and oxygen atoms in total. The molecule has 1 amide bonds. The van der Waals surface area contributed by atoms with E-state index in [1.807, 2.05) is 0 Å². The minimum absolute atomic E-state index is 0.0216. The van der Waals surface area contributed by atoms with Crippen molar-refractivity contribution in [3.8, 4) is 0 Å². The maximum Gasteiger partial charge on any atom is 0.237 e. The first-order valence-electron chi connectivity index (χ1n) is 7.51. The van der Waals surface area contributed by atoms with E-state index in [2.05, 4.69) is 50.8 Å². The predicted molar refractivity (Wildman–Crippen MR) is 83.7 cm³/mol. The Morgan fingerprint density at radius 1 is 1.15 bits per heavy atom. The molecule has 0 radical (unpaired) electrons. The third kappa shape index (κ3) is 3.23. The topological polar surface area (TPSA) is 41.1 Å². The van der Waals surface area contributed by atoms with Crippen LogP contribution in [-0.2, 0) is 4.79 Å². The van der Waals surface area contributed by atoms with Crippen molar-refractivity contribution in [2.75, 3.05) is 6.54 Å². The first kappa shape index (κ1) is 14.1. The van der Waals surface area contributed by atoms with Gasteiger partial charge in [0.05, 0.1) is 6.04 Å². The molecule has 20 heavy (non-hydrogen) atoms. The van der Waals surface area contributed by atoms with Crippen molar-refractivity contribution in [2.45, 2.75) is 50.1 Å². The third-order valence-electron chi connectivity index (χ3n) is 4.45. The van der Waals surface area contributed by atoms with Gasteiger partial charge in [0, 0.05) is 17.1 Å². The van der Waals surface area contributed by atoms with Crippen LogP contribution < -0.4 is 10.6 Å². The van der Waals surface area contributed by atoms with Crippen LogP contribution in [0.5, 0.6) is 0 Å². The van der Waals surface area contributed by atoms with E-state index in [0.717, 1.165) is 43.1 Å². The fourth-order valence-corrected chi connectivity index (χ4v) is 3.41. The van der Waals surface area contributed by atoms with Crippen LogP contribution in [0.25, 0.3) is 0 Å². The van der Waals surface area contributed by atoms with Gasteiger partial charge in [-0.2, -0.15) is 0 Å². The molecule has 1 saturated heterocycles. The summed E-state index contributed by atoms with van der Waals surface area (Å²) in [4.78, 5) is 11.9. The van der Waals surface area contributed by atoms with Gasteiger partial charge in [0.15, 0.2) is 0 Å². The molecule has 1 unspecified atom stereocenters. The van der Waals surface area contributed by atoms with Gasteiger partial charge in [0.25, 0.3) is 0 Å². The Morgan fingerprint density at radius 2 is 1.90 bits per heavy atom. The monoisotopic (exact) mass is 336 g/mol. The van der Waals surface area contributed by atoms with Crippen molar-refractivity contribution >= 4 is 21.8 Å². The second-order valence-electron chi connectivity index (χ2n) is 5.92. The molecule has 1 heterocycles. The summed E-state index contributed by atoms with van der Waals surface area (Å²) in [5.41, 5.74) is 1.41. The minimum Gasteiger partial charge on any atom is -0.355 e. The maximum atomic E-state index is 11.9. The normalized spacial score (nSPS) is 30.2. The molecule has 1 aliphatic carbocycles. The van der Waals surface area contributed by atoms with Crippen LogP contribution in [0.3, 0.4) is 0 Å². The first-order valence-corrected chi connectivity index (χ1v) is 8.31. The van der Waals surface area contributed by atoms with Crippen LogP contribution in [-0.4, -0.2) is 24.5 Å². The van der Waals surface area contributed by atoms with E-state index in [0.29, 0.717) is 12.0 Å². The number of nitrogens with one attached hydrogen (secondary N) is 2. The molecule has 0 bridgehead atoms. The number of benzene rings is 1. The molecule has 2 fully saturated rings. The molecule has 2 N–H and O–H groups in total. The van der Waals surface area contributed by atoms with Crippen LogP contribution in [0.2, 0.25) is 0 Å². The van der Waals surface area contributed by atoms with E-state index >= 15 is 0 Å². The zero-order valence-electron chi connectivity index (χ0n) is 11.6. The highest BCUT2D eigenvalue weighted by Crippen LogP contribution is 2.37. The molecule has 0 spiro atoms. The van der Waals surface area contributed by atoms with Crippen LogP contribution in [0, 0.1) is 0 Å². The van der Waals surface area contributed by atoms with E-state index in [4.69, 9.17) is 0 Å². The average Bonchev–Trinajstić information content (AvgIpc) is 2.60. The van der Waals surface area contributed by atoms with Crippen LogP contribution in [0.15, 0.2) is 28.7 Å². The molecule has 1 aromatic rings. The van der Waals surface area contributed by atoms with E-state index in [-0.39, 0.29) is 11.9 Å². The van der Waals surface area contributed by atoms with E-state index in [1.165, 1.54) is 5.56 Å². The van der Waals surface area contributed by atoms with Crippen LogP contribution >= 0.6 is 15.9 Å². The highest BCUT2D eigenvalue weighted by Gasteiger charge is 2.33. The molecule has 1 aromatic carbocycles. The number of rotatable bonds is 3. The molecule has 1 aliphatic heterocycles. The summed E-state index contributed by atoms with van der Waals surface area (Å²) in [5.74, 6) is 0.837. The Hall–Kier alpha value is -0.870. The lowest BCUT2D eigenvalue weighted by Crippen LogP contribution is -2.51. The van der Waals surface area contributed by atoms with Crippen molar-refractivity contribution < 1.29 is 4.79 Å². The lowest BCUT2D eigenvalue weighted by atomic mass is 9.75. The highest BCUT2D eigenvalue weighted by molar-refractivity contribution is 9.10. The summed E-state index contributed by atoms with van der Waals surface area (Å²) in [5, 5.41) is 6.53. The molecule has 3 rings (SSSR count). The van der Waals surface area contributed by atoms with Crippen molar-refractivity contribution in [3.05, 3.63) is 34.3 Å². The summed E-state index contributed by atoms with van der Waals surface area (Å²) in [6.07, 6.45) is 5.51. The van der Waals surface area contributed by atoms with Gasteiger partial charge in [-0.15, -0.1) is 0 Å². The number of hydrogen-bond donors (Lipinski definition) is 2. The number of hydrogen-bond acceptors (Lipinski definition) is 2. The lowest BCUT2D eigenvalue weighted by molar-refractivity contribution is -0.123.